The largest absolute Gasteiger partial charge is 1.00 e. The van der Waals surface area contributed by atoms with Gasteiger partial charge in [-0.3, -0.25) is 4.89 Å². The van der Waals surface area contributed by atoms with Gasteiger partial charge in [-0.1, -0.05) is 36.4 Å². The molecule has 2 rings (SSSR count). The first kappa shape index (κ1) is 17.5. The molecule has 0 aromatic heterocycles. The maximum Gasteiger partial charge on any atom is 1.00 e. The van der Waals surface area contributed by atoms with E-state index >= 15 is 0 Å². The van der Waals surface area contributed by atoms with Crippen LogP contribution in [0.15, 0.2) is 65.6 Å². The van der Waals surface area contributed by atoms with Gasteiger partial charge in [0.15, 0.2) is 0 Å². The average molecular weight is 317 g/mol. The number of hydrogen-bond acceptors (Lipinski definition) is 5. The molecular weight excluding hydrogens is 307 g/mol. The fourth-order valence-electron chi connectivity index (χ4n) is 1.32. The molecule has 7 heteroatoms. The van der Waals surface area contributed by atoms with Crippen molar-refractivity contribution in [3.05, 3.63) is 66.2 Å². The molecule has 0 atom stereocenters. The van der Waals surface area contributed by atoms with Crippen LogP contribution < -0.4 is 51.4 Å². The predicted molar refractivity (Wildman–Crippen MR) is 66.6 cm³/mol. The molecule has 0 amide bonds. The first-order chi connectivity index (χ1) is 9.09. The van der Waals surface area contributed by atoms with Crippen LogP contribution in [0.3, 0.4) is 0 Å². The van der Waals surface area contributed by atoms with Gasteiger partial charge in [0.05, 0.1) is 10.5 Å². The van der Waals surface area contributed by atoms with Crippen LogP contribution in [0.25, 0.3) is 0 Å². The molecule has 0 bridgehead atoms. The van der Waals surface area contributed by atoms with Crippen molar-refractivity contribution in [2.45, 2.75) is 4.90 Å². The van der Waals surface area contributed by atoms with Gasteiger partial charge in [0, 0.05) is 0 Å². The molecule has 2 aromatic rings. The number of benzene rings is 2. The fraction of sp³-hybridized carbons (Fsp3) is 0. The quantitative estimate of drug-likeness (QED) is 0.418. The third-order valence-corrected chi connectivity index (χ3v) is 3.34. The van der Waals surface area contributed by atoms with E-state index < -0.39 is 16.1 Å². The molecule has 0 aliphatic carbocycles. The van der Waals surface area contributed by atoms with E-state index in [4.69, 9.17) is 0 Å². The van der Waals surface area contributed by atoms with E-state index in [1.807, 2.05) is 0 Å². The Morgan fingerprint density at radius 3 is 1.90 bits per heavy atom. The summed E-state index contributed by atoms with van der Waals surface area (Å²) < 4.78 is 27.6. The molecule has 5 nitrogen and oxygen atoms in total. The minimum atomic E-state index is -4.11. The number of rotatable bonds is 4. The second-order valence-electron chi connectivity index (χ2n) is 3.57. The van der Waals surface area contributed by atoms with Gasteiger partial charge in [0.2, 0.25) is 0 Å². The third kappa shape index (κ3) is 4.78. The summed E-state index contributed by atoms with van der Waals surface area (Å²) in [7, 11) is -4.11. The fourth-order valence-corrected chi connectivity index (χ4v) is 2.04. The van der Waals surface area contributed by atoms with Gasteiger partial charge in [-0.2, -0.15) is 8.42 Å². The van der Waals surface area contributed by atoms with Crippen molar-refractivity contribution in [3.8, 4) is 0 Å². The summed E-state index contributed by atoms with van der Waals surface area (Å²) >= 11 is 0. The molecule has 2 aromatic carbocycles. The van der Waals surface area contributed by atoms with Crippen molar-refractivity contribution in [1.82, 2.24) is 0 Å². The second kappa shape index (κ2) is 8.04. The Bertz CT molecular complexity index is 656. The Labute approximate surface area is 159 Å². The zero-order valence-electron chi connectivity index (χ0n) is 10.7. The molecule has 0 N–H and O–H groups in total. The van der Waals surface area contributed by atoms with Gasteiger partial charge in [0.25, 0.3) is 0 Å². The summed E-state index contributed by atoms with van der Waals surface area (Å²) in [5.74, 6) is -0.875. The molecular formula is C13H10KO5S+. The van der Waals surface area contributed by atoms with E-state index in [1.54, 1.807) is 24.3 Å². The van der Waals surface area contributed by atoms with Gasteiger partial charge in [-0.15, -0.1) is 0 Å². The van der Waals surface area contributed by atoms with E-state index in [0.29, 0.717) is 0 Å². The summed E-state index contributed by atoms with van der Waals surface area (Å²) in [6, 6.07) is 15.4. The smallest absolute Gasteiger partial charge is 0.276 e. The minimum Gasteiger partial charge on any atom is -0.276 e. The van der Waals surface area contributed by atoms with Crippen molar-refractivity contribution >= 4 is 16.1 Å². The van der Waals surface area contributed by atoms with Crippen LogP contribution in [0.2, 0.25) is 0 Å². The van der Waals surface area contributed by atoms with Crippen LogP contribution in [-0.4, -0.2) is 14.4 Å². The molecule has 0 radical (unpaired) electrons. The summed E-state index contributed by atoms with van der Waals surface area (Å²) in [6.45, 7) is 0. The summed E-state index contributed by atoms with van der Waals surface area (Å²) in [4.78, 5) is 15.7. The van der Waals surface area contributed by atoms with Gasteiger partial charge in [-0.25, -0.2) is 4.79 Å². The van der Waals surface area contributed by atoms with Crippen molar-refractivity contribution in [3.63, 3.8) is 0 Å². The second-order valence-corrected chi connectivity index (χ2v) is 5.09. The van der Waals surface area contributed by atoms with Crippen LogP contribution >= 0.6 is 0 Å². The van der Waals surface area contributed by atoms with Crippen molar-refractivity contribution in [1.29, 1.82) is 0 Å². The summed E-state index contributed by atoms with van der Waals surface area (Å²) in [6.07, 6.45) is 0. The van der Waals surface area contributed by atoms with Gasteiger partial charge in [0.1, 0.15) is 0 Å². The molecule has 0 saturated heterocycles. The Morgan fingerprint density at radius 1 is 0.850 bits per heavy atom. The first-order valence-electron chi connectivity index (χ1n) is 5.35. The standard InChI is InChI=1S/C13H10O5S.K/c14-13(11-7-3-1-4-8-11)17-18-19(15,16)12-9-5-2-6-10-12;/h1-10H;/q;+1. The molecule has 0 heterocycles. The van der Waals surface area contributed by atoms with Crippen LogP contribution in [0, 0.1) is 0 Å². The molecule has 0 aliphatic heterocycles. The summed E-state index contributed by atoms with van der Waals surface area (Å²) in [5, 5.41) is 0. The average Bonchev–Trinajstić information content (AvgIpc) is 2.47. The van der Waals surface area contributed by atoms with Crippen LogP contribution in [0.4, 0.5) is 0 Å². The van der Waals surface area contributed by atoms with Gasteiger partial charge >= 0.3 is 67.5 Å². The van der Waals surface area contributed by atoms with E-state index in [9.17, 15) is 13.2 Å². The maximum atomic E-state index is 11.7. The SMILES string of the molecule is O=C(OOS(=O)(=O)c1ccccc1)c1ccccc1.[K+]. The summed E-state index contributed by atoms with van der Waals surface area (Å²) in [5.41, 5.74) is 0.200. The van der Waals surface area contributed by atoms with Gasteiger partial charge in [-0.05, 0) is 28.6 Å². The molecule has 98 valence electrons. The van der Waals surface area contributed by atoms with Crippen molar-refractivity contribution in [2.75, 3.05) is 0 Å². The predicted octanol–water partition coefficient (Wildman–Crippen LogP) is -0.832. The zero-order chi connectivity index (χ0) is 13.7. The van der Waals surface area contributed by atoms with Crippen molar-refractivity contribution in [2.24, 2.45) is 0 Å². The molecule has 0 fully saturated rings. The van der Waals surface area contributed by atoms with Crippen molar-refractivity contribution < 1.29 is 73.8 Å². The molecule has 0 aliphatic rings. The van der Waals surface area contributed by atoms with E-state index in [-0.39, 0.29) is 61.8 Å². The number of carbonyl (C=O) groups excluding carboxylic acids is 1. The van der Waals surface area contributed by atoms with E-state index in [2.05, 4.69) is 9.22 Å². The monoisotopic (exact) mass is 317 g/mol. The van der Waals surface area contributed by atoms with Gasteiger partial charge < -0.3 is 0 Å². The van der Waals surface area contributed by atoms with E-state index in [1.165, 1.54) is 36.4 Å². The minimum absolute atomic E-state index is 0. The topological polar surface area (TPSA) is 69.7 Å². The van der Waals surface area contributed by atoms with Crippen LogP contribution in [-0.2, 0) is 19.3 Å². The Hall–Kier alpha value is -0.544. The Morgan fingerprint density at radius 2 is 1.35 bits per heavy atom. The molecule has 20 heavy (non-hydrogen) atoms. The molecule has 0 saturated carbocycles. The Kier molecular flexibility index (Phi) is 7.03. The number of hydrogen-bond donors (Lipinski definition) is 0. The number of carbonyl (C=O) groups is 1. The maximum absolute atomic E-state index is 11.7. The molecule has 0 unspecified atom stereocenters. The van der Waals surface area contributed by atoms with Crippen LogP contribution in [0.5, 0.6) is 0 Å². The van der Waals surface area contributed by atoms with Crippen LogP contribution in [0.1, 0.15) is 10.4 Å². The zero-order valence-corrected chi connectivity index (χ0v) is 14.7. The Balaban J connectivity index is 0.00000200. The first-order valence-corrected chi connectivity index (χ1v) is 6.76. The molecule has 0 spiro atoms. The third-order valence-electron chi connectivity index (χ3n) is 2.24. The van der Waals surface area contributed by atoms with E-state index in [0.717, 1.165) is 0 Å². The normalized spacial score (nSPS) is 10.4.